The third-order valence-corrected chi connectivity index (χ3v) is 4.81. The van der Waals surface area contributed by atoms with Crippen LogP contribution in [0.3, 0.4) is 0 Å². The van der Waals surface area contributed by atoms with E-state index in [-0.39, 0.29) is 5.56 Å². The molecule has 0 fully saturated rings. The summed E-state index contributed by atoms with van der Waals surface area (Å²) in [6.45, 7) is 0. The van der Waals surface area contributed by atoms with Gasteiger partial charge >= 0.3 is 0 Å². The summed E-state index contributed by atoms with van der Waals surface area (Å²) < 4.78 is 1.59. The van der Waals surface area contributed by atoms with E-state index in [1.165, 1.54) is 0 Å². The summed E-state index contributed by atoms with van der Waals surface area (Å²) in [4.78, 5) is 27.3. The molecule has 0 unspecified atom stereocenters. The van der Waals surface area contributed by atoms with Crippen molar-refractivity contribution in [3.63, 3.8) is 0 Å². The van der Waals surface area contributed by atoms with Gasteiger partial charge in [0.25, 0.3) is 5.56 Å². The lowest BCUT2D eigenvalue weighted by Crippen LogP contribution is -2.16. The first kappa shape index (κ1) is 15.4. The Morgan fingerprint density at radius 1 is 1.04 bits per heavy atom. The molecule has 7 heteroatoms. The number of fused-ring (bicyclic) bond motifs is 2. The fourth-order valence-corrected chi connectivity index (χ4v) is 3.48. The van der Waals surface area contributed by atoms with Crippen molar-refractivity contribution in [1.29, 1.82) is 0 Å². The standard InChI is InChI=1S/C20H16N6O/c1-26-10-17(14-2-3-23-18(14)20(26)27)16-9-25-19-15(16)5-12(7-24-19)11-4-13(21)8-22-6-11/h2-10,23H,21H2,1H3,(H,24,25). The Labute approximate surface area is 153 Å². The van der Waals surface area contributed by atoms with Crippen molar-refractivity contribution in [2.24, 2.45) is 7.05 Å². The van der Waals surface area contributed by atoms with Crippen LogP contribution in [0.2, 0.25) is 0 Å². The molecule has 0 bridgehead atoms. The van der Waals surface area contributed by atoms with Gasteiger partial charge < -0.3 is 20.3 Å². The second-order valence-corrected chi connectivity index (χ2v) is 6.55. The minimum absolute atomic E-state index is 0.0526. The Bertz CT molecular complexity index is 1370. The number of pyridine rings is 3. The number of nitrogen functional groups attached to an aromatic ring is 1. The molecule has 0 aromatic carbocycles. The Hall–Kier alpha value is -3.87. The number of hydrogen-bond acceptors (Lipinski definition) is 4. The molecule has 0 aliphatic heterocycles. The maximum atomic E-state index is 12.3. The molecule has 5 aromatic heterocycles. The molecule has 5 heterocycles. The molecule has 0 radical (unpaired) electrons. The molecule has 0 saturated heterocycles. The van der Waals surface area contributed by atoms with Crippen molar-refractivity contribution < 1.29 is 0 Å². The van der Waals surface area contributed by atoms with E-state index in [2.05, 4.69) is 26.0 Å². The molecule has 0 aliphatic carbocycles. The molecule has 132 valence electrons. The van der Waals surface area contributed by atoms with Gasteiger partial charge in [0.15, 0.2) is 0 Å². The average molecular weight is 356 g/mol. The second kappa shape index (κ2) is 5.57. The number of nitrogens with one attached hydrogen (secondary N) is 2. The van der Waals surface area contributed by atoms with Gasteiger partial charge in [-0.2, -0.15) is 0 Å². The molecular formula is C20H16N6O. The third-order valence-electron chi connectivity index (χ3n) is 4.81. The fourth-order valence-electron chi connectivity index (χ4n) is 3.48. The largest absolute Gasteiger partial charge is 0.397 e. The molecule has 5 aromatic rings. The lowest BCUT2D eigenvalue weighted by Gasteiger charge is -2.07. The quantitative estimate of drug-likeness (QED) is 0.452. The smallest absolute Gasteiger partial charge is 0.274 e. The number of hydrogen-bond donors (Lipinski definition) is 3. The molecule has 0 spiro atoms. The van der Waals surface area contributed by atoms with Crippen LogP contribution in [0, 0.1) is 0 Å². The average Bonchev–Trinajstić information content (AvgIpc) is 3.32. The molecule has 0 atom stereocenters. The molecule has 0 amide bonds. The van der Waals surface area contributed by atoms with Crippen molar-refractivity contribution in [2.45, 2.75) is 0 Å². The molecule has 4 N–H and O–H groups in total. The first-order valence-corrected chi connectivity index (χ1v) is 8.47. The minimum atomic E-state index is -0.0526. The van der Waals surface area contributed by atoms with E-state index in [9.17, 15) is 4.79 Å². The van der Waals surface area contributed by atoms with Crippen LogP contribution in [0.4, 0.5) is 5.69 Å². The fraction of sp³-hybridized carbons (Fsp3) is 0.0500. The van der Waals surface area contributed by atoms with Crippen molar-refractivity contribution >= 4 is 27.6 Å². The molecular weight excluding hydrogens is 340 g/mol. The van der Waals surface area contributed by atoms with Gasteiger partial charge in [-0.1, -0.05) is 0 Å². The van der Waals surface area contributed by atoms with Crippen LogP contribution < -0.4 is 11.3 Å². The third kappa shape index (κ3) is 2.32. The number of nitrogens with zero attached hydrogens (tertiary/aromatic N) is 3. The van der Waals surface area contributed by atoms with Gasteiger partial charge in [-0.3, -0.25) is 9.78 Å². The second-order valence-electron chi connectivity index (χ2n) is 6.55. The Morgan fingerprint density at radius 3 is 2.74 bits per heavy atom. The summed E-state index contributed by atoms with van der Waals surface area (Å²) in [7, 11) is 1.75. The van der Waals surface area contributed by atoms with Crippen LogP contribution in [0.1, 0.15) is 0 Å². The van der Waals surface area contributed by atoms with Gasteiger partial charge in [0.2, 0.25) is 0 Å². The highest BCUT2D eigenvalue weighted by Gasteiger charge is 2.15. The highest BCUT2D eigenvalue weighted by Crippen LogP contribution is 2.34. The van der Waals surface area contributed by atoms with Crippen LogP contribution in [0.25, 0.3) is 44.2 Å². The van der Waals surface area contributed by atoms with Gasteiger partial charge in [0.1, 0.15) is 11.2 Å². The monoisotopic (exact) mass is 356 g/mol. The number of nitrogens with two attached hydrogens (primary N) is 1. The number of anilines is 1. The van der Waals surface area contributed by atoms with Crippen molar-refractivity contribution in [3.8, 4) is 22.3 Å². The molecule has 5 rings (SSSR count). The summed E-state index contributed by atoms with van der Waals surface area (Å²) in [5.74, 6) is 0. The summed E-state index contributed by atoms with van der Waals surface area (Å²) in [6, 6.07) is 5.86. The van der Waals surface area contributed by atoms with E-state index in [0.29, 0.717) is 11.2 Å². The van der Waals surface area contributed by atoms with Gasteiger partial charge in [0.05, 0.1) is 5.69 Å². The Morgan fingerprint density at radius 2 is 1.89 bits per heavy atom. The van der Waals surface area contributed by atoms with Gasteiger partial charge in [-0.25, -0.2) is 4.98 Å². The first-order chi connectivity index (χ1) is 13.1. The van der Waals surface area contributed by atoms with Crippen molar-refractivity contribution in [3.05, 3.63) is 65.7 Å². The van der Waals surface area contributed by atoms with E-state index in [0.717, 1.165) is 38.7 Å². The Balaban J connectivity index is 1.78. The van der Waals surface area contributed by atoms with Crippen molar-refractivity contribution in [1.82, 2.24) is 24.5 Å². The zero-order valence-electron chi connectivity index (χ0n) is 14.5. The van der Waals surface area contributed by atoms with E-state index >= 15 is 0 Å². The summed E-state index contributed by atoms with van der Waals surface area (Å²) in [6.07, 6.45) is 10.7. The molecule has 0 saturated carbocycles. The van der Waals surface area contributed by atoms with Crippen molar-refractivity contribution in [2.75, 3.05) is 5.73 Å². The van der Waals surface area contributed by atoms with Gasteiger partial charge in [-0.05, 0) is 18.2 Å². The summed E-state index contributed by atoms with van der Waals surface area (Å²) in [5, 5.41) is 1.85. The van der Waals surface area contributed by atoms with Crippen LogP contribution >= 0.6 is 0 Å². The Kier molecular flexibility index (Phi) is 3.17. The van der Waals surface area contributed by atoms with E-state index in [1.807, 2.05) is 24.5 Å². The number of aromatic nitrogens is 5. The summed E-state index contributed by atoms with van der Waals surface area (Å²) >= 11 is 0. The van der Waals surface area contributed by atoms with Crippen LogP contribution in [-0.4, -0.2) is 24.5 Å². The minimum Gasteiger partial charge on any atom is -0.397 e. The number of aromatic amines is 2. The maximum absolute atomic E-state index is 12.3. The van der Waals surface area contributed by atoms with Gasteiger partial charge in [-0.15, -0.1) is 0 Å². The SMILES string of the molecule is Cn1cc(-c2c[nH]c3ncc(-c4cncc(N)c4)cc23)c2cc[nH]c2c1=O. The maximum Gasteiger partial charge on any atom is 0.274 e. The highest BCUT2D eigenvalue weighted by molar-refractivity contribution is 6.04. The number of aryl methyl sites for hydroxylation is 1. The number of rotatable bonds is 2. The lowest BCUT2D eigenvalue weighted by molar-refractivity contribution is 0.872. The molecule has 27 heavy (non-hydrogen) atoms. The van der Waals surface area contributed by atoms with E-state index in [4.69, 9.17) is 5.73 Å². The van der Waals surface area contributed by atoms with Crippen LogP contribution in [-0.2, 0) is 7.05 Å². The van der Waals surface area contributed by atoms with Gasteiger partial charge in [0, 0.05) is 77.3 Å². The summed E-state index contributed by atoms with van der Waals surface area (Å²) in [5.41, 5.74) is 11.6. The predicted molar refractivity (Wildman–Crippen MR) is 106 cm³/mol. The predicted octanol–water partition coefficient (Wildman–Crippen LogP) is 3.05. The molecule has 7 nitrogen and oxygen atoms in total. The van der Waals surface area contributed by atoms with Crippen LogP contribution in [0.5, 0.6) is 0 Å². The highest BCUT2D eigenvalue weighted by atomic mass is 16.1. The normalized spacial score (nSPS) is 11.4. The lowest BCUT2D eigenvalue weighted by atomic mass is 10.0. The first-order valence-electron chi connectivity index (χ1n) is 8.47. The zero-order valence-corrected chi connectivity index (χ0v) is 14.5. The topological polar surface area (TPSA) is 105 Å². The van der Waals surface area contributed by atoms with Crippen LogP contribution in [0.15, 0.2) is 60.2 Å². The number of H-pyrrole nitrogens is 2. The van der Waals surface area contributed by atoms with E-state index < -0.39 is 0 Å². The van der Waals surface area contributed by atoms with E-state index in [1.54, 1.807) is 36.4 Å². The molecule has 0 aliphatic rings. The zero-order chi connectivity index (χ0) is 18.5.